The lowest BCUT2D eigenvalue weighted by Gasteiger charge is -2.17. The minimum absolute atomic E-state index is 0.0208. The van der Waals surface area contributed by atoms with Crippen LogP contribution in [0.3, 0.4) is 0 Å². The summed E-state index contributed by atoms with van der Waals surface area (Å²) < 4.78 is 10.7. The lowest BCUT2D eigenvalue weighted by Crippen LogP contribution is -2.19. The number of carbonyl (C=O) groups excluding carboxylic acids is 3. The van der Waals surface area contributed by atoms with Crippen LogP contribution in [0.2, 0.25) is 0 Å². The standard InChI is InChI=1S/C22H20N2O7/c1-14(25)19(12-15-3-2-4-17(11-15)24(28)29)22(27)31-10-9-30-18-6-7-20-16(13-18)5-8-21(26)23-20/h2-4,6-7,11-13H,5,8-10H2,1H3,(H,23,26). The largest absolute Gasteiger partial charge is 0.490 e. The summed E-state index contributed by atoms with van der Waals surface area (Å²) in [6, 6.07) is 10.9. The summed E-state index contributed by atoms with van der Waals surface area (Å²) in [5.41, 5.74) is 1.70. The zero-order chi connectivity index (χ0) is 22.4. The van der Waals surface area contributed by atoms with E-state index in [-0.39, 0.29) is 30.4 Å². The molecule has 0 saturated heterocycles. The second-order valence-corrected chi connectivity index (χ2v) is 6.82. The minimum atomic E-state index is -0.837. The van der Waals surface area contributed by atoms with E-state index in [9.17, 15) is 24.5 Å². The van der Waals surface area contributed by atoms with Gasteiger partial charge in [-0.05, 0) is 48.7 Å². The first-order valence-corrected chi connectivity index (χ1v) is 9.53. The third-order valence-electron chi connectivity index (χ3n) is 4.55. The quantitative estimate of drug-likeness (QED) is 0.131. The average molecular weight is 424 g/mol. The van der Waals surface area contributed by atoms with Gasteiger partial charge in [0.25, 0.3) is 5.69 Å². The normalized spacial score (nSPS) is 13.1. The van der Waals surface area contributed by atoms with Crippen molar-refractivity contribution in [2.45, 2.75) is 19.8 Å². The van der Waals surface area contributed by atoms with E-state index in [1.54, 1.807) is 18.2 Å². The van der Waals surface area contributed by atoms with E-state index >= 15 is 0 Å². The van der Waals surface area contributed by atoms with Crippen LogP contribution in [-0.2, 0) is 25.5 Å². The fourth-order valence-corrected chi connectivity index (χ4v) is 3.02. The average Bonchev–Trinajstić information content (AvgIpc) is 2.74. The maximum absolute atomic E-state index is 12.3. The predicted octanol–water partition coefficient (Wildman–Crippen LogP) is 3.07. The van der Waals surface area contributed by atoms with E-state index in [4.69, 9.17) is 9.47 Å². The van der Waals surface area contributed by atoms with Crippen LogP contribution >= 0.6 is 0 Å². The molecule has 2 aromatic rings. The summed E-state index contributed by atoms with van der Waals surface area (Å²) >= 11 is 0. The predicted molar refractivity (Wildman–Crippen MR) is 112 cm³/mol. The Morgan fingerprint density at radius 3 is 2.71 bits per heavy atom. The number of hydrogen-bond donors (Lipinski definition) is 1. The first-order valence-electron chi connectivity index (χ1n) is 9.53. The lowest BCUT2D eigenvalue weighted by atomic mass is 10.0. The molecule has 0 radical (unpaired) electrons. The van der Waals surface area contributed by atoms with Crippen molar-refractivity contribution in [1.82, 2.24) is 0 Å². The summed E-state index contributed by atoms with van der Waals surface area (Å²) in [5, 5.41) is 13.7. The van der Waals surface area contributed by atoms with Gasteiger partial charge in [0.2, 0.25) is 5.91 Å². The zero-order valence-corrected chi connectivity index (χ0v) is 16.8. The summed E-state index contributed by atoms with van der Waals surface area (Å²) in [7, 11) is 0. The van der Waals surface area contributed by atoms with Crippen molar-refractivity contribution in [3.05, 3.63) is 69.3 Å². The van der Waals surface area contributed by atoms with Crippen molar-refractivity contribution < 1.29 is 28.8 Å². The number of amides is 1. The van der Waals surface area contributed by atoms with Crippen molar-refractivity contribution in [3.8, 4) is 5.75 Å². The summed E-state index contributed by atoms with van der Waals surface area (Å²) in [6.45, 7) is 1.19. The van der Waals surface area contributed by atoms with Gasteiger partial charge in [-0.1, -0.05) is 12.1 Å². The van der Waals surface area contributed by atoms with Gasteiger partial charge in [0, 0.05) is 24.2 Å². The van der Waals surface area contributed by atoms with Crippen molar-refractivity contribution in [2.24, 2.45) is 0 Å². The third kappa shape index (κ3) is 5.75. The van der Waals surface area contributed by atoms with Gasteiger partial charge in [-0.15, -0.1) is 0 Å². The number of non-ortho nitro benzene ring substituents is 1. The van der Waals surface area contributed by atoms with Crippen LogP contribution in [0.5, 0.6) is 5.75 Å². The second-order valence-electron chi connectivity index (χ2n) is 6.82. The van der Waals surface area contributed by atoms with E-state index in [0.29, 0.717) is 24.2 Å². The number of Topliss-reactive ketones (excluding diaryl/α,β-unsaturated/α-hetero) is 1. The lowest BCUT2D eigenvalue weighted by molar-refractivity contribution is -0.384. The number of nitro benzene ring substituents is 1. The molecule has 0 bridgehead atoms. The highest BCUT2D eigenvalue weighted by molar-refractivity contribution is 6.19. The SMILES string of the molecule is CC(=O)C(=Cc1cccc([N+](=O)[O-])c1)C(=O)OCCOc1ccc2c(c1)CCC(=O)N2. The molecular weight excluding hydrogens is 404 g/mol. The number of benzene rings is 2. The third-order valence-corrected chi connectivity index (χ3v) is 4.55. The molecule has 1 N–H and O–H groups in total. The van der Waals surface area contributed by atoms with Gasteiger partial charge in [0.05, 0.1) is 4.92 Å². The topological polar surface area (TPSA) is 125 Å². The Bertz CT molecular complexity index is 1080. The highest BCUT2D eigenvalue weighted by atomic mass is 16.6. The number of ether oxygens (including phenoxy) is 2. The monoisotopic (exact) mass is 424 g/mol. The molecule has 2 aromatic carbocycles. The molecule has 1 aliphatic heterocycles. The number of anilines is 1. The molecular formula is C22H20N2O7. The minimum Gasteiger partial charge on any atom is -0.490 e. The maximum atomic E-state index is 12.3. The van der Waals surface area contributed by atoms with Gasteiger partial charge in [-0.25, -0.2) is 4.79 Å². The zero-order valence-electron chi connectivity index (χ0n) is 16.8. The first kappa shape index (κ1) is 21.7. The number of rotatable bonds is 8. The molecule has 9 nitrogen and oxygen atoms in total. The number of nitrogens with one attached hydrogen (secondary N) is 1. The van der Waals surface area contributed by atoms with Crippen LogP contribution in [0.15, 0.2) is 48.0 Å². The van der Waals surface area contributed by atoms with Crippen molar-refractivity contribution in [3.63, 3.8) is 0 Å². The van der Waals surface area contributed by atoms with E-state index in [0.717, 1.165) is 11.3 Å². The Morgan fingerprint density at radius 2 is 1.97 bits per heavy atom. The maximum Gasteiger partial charge on any atom is 0.341 e. The number of esters is 1. The molecule has 9 heteroatoms. The number of aryl methyl sites for hydroxylation is 1. The van der Waals surface area contributed by atoms with Crippen LogP contribution < -0.4 is 10.1 Å². The van der Waals surface area contributed by atoms with Crippen LogP contribution in [0.1, 0.15) is 24.5 Å². The summed E-state index contributed by atoms with van der Waals surface area (Å²) in [4.78, 5) is 45.9. The van der Waals surface area contributed by atoms with Gasteiger partial charge >= 0.3 is 5.97 Å². The van der Waals surface area contributed by atoms with Crippen LogP contribution in [-0.4, -0.2) is 35.8 Å². The molecule has 0 saturated carbocycles. The molecule has 0 aromatic heterocycles. The number of nitro groups is 1. The number of ketones is 1. The summed E-state index contributed by atoms with van der Waals surface area (Å²) in [6.07, 6.45) is 2.30. The molecule has 0 aliphatic carbocycles. The van der Waals surface area contributed by atoms with Crippen LogP contribution in [0.25, 0.3) is 6.08 Å². The molecule has 3 rings (SSSR count). The molecule has 160 valence electrons. The van der Waals surface area contributed by atoms with Gasteiger partial charge in [0.15, 0.2) is 5.78 Å². The molecule has 1 aliphatic rings. The Balaban J connectivity index is 1.57. The first-order chi connectivity index (χ1) is 14.8. The molecule has 0 fully saturated rings. The van der Waals surface area contributed by atoms with Gasteiger partial charge in [-0.3, -0.25) is 19.7 Å². The molecule has 0 unspecified atom stereocenters. The van der Waals surface area contributed by atoms with E-state index in [1.165, 1.54) is 31.2 Å². The molecule has 1 amide bonds. The van der Waals surface area contributed by atoms with Gasteiger partial charge < -0.3 is 14.8 Å². The smallest absolute Gasteiger partial charge is 0.341 e. The van der Waals surface area contributed by atoms with Gasteiger partial charge in [0.1, 0.15) is 24.5 Å². The Kier molecular flexibility index (Phi) is 6.76. The van der Waals surface area contributed by atoms with Crippen LogP contribution in [0, 0.1) is 10.1 Å². The molecule has 0 spiro atoms. The number of nitrogens with zero attached hydrogens (tertiary/aromatic N) is 1. The van der Waals surface area contributed by atoms with Crippen LogP contribution in [0.4, 0.5) is 11.4 Å². The highest BCUT2D eigenvalue weighted by Gasteiger charge is 2.18. The number of carbonyl (C=O) groups is 3. The number of fused-ring (bicyclic) bond motifs is 1. The fourth-order valence-electron chi connectivity index (χ4n) is 3.02. The van der Waals surface area contributed by atoms with Crippen molar-refractivity contribution in [2.75, 3.05) is 18.5 Å². The second kappa shape index (κ2) is 9.66. The highest BCUT2D eigenvalue weighted by Crippen LogP contribution is 2.26. The van der Waals surface area contributed by atoms with Crippen molar-refractivity contribution >= 4 is 35.1 Å². The number of hydrogen-bond acceptors (Lipinski definition) is 7. The molecule has 1 heterocycles. The Hall–Kier alpha value is -4.01. The van der Waals surface area contributed by atoms with E-state index < -0.39 is 16.7 Å². The van der Waals surface area contributed by atoms with E-state index in [2.05, 4.69) is 5.32 Å². The van der Waals surface area contributed by atoms with E-state index in [1.807, 2.05) is 6.07 Å². The van der Waals surface area contributed by atoms with Gasteiger partial charge in [-0.2, -0.15) is 0 Å². The summed E-state index contributed by atoms with van der Waals surface area (Å²) in [5.74, 6) is -0.803. The fraction of sp³-hybridized carbons (Fsp3) is 0.227. The molecule has 31 heavy (non-hydrogen) atoms. The molecule has 0 atom stereocenters. The van der Waals surface area contributed by atoms with Crippen molar-refractivity contribution in [1.29, 1.82) is 0 Å². The Labute approximate surface area is 177 Å². The Morgan fingerprint density at radius 1 is 1.16 bits per heavy atom.